The highest BCUT2D eigenvalue weighted by Gasteiger charge is 2.38. The topological polar surface area (TPSA) is 36.4 Å². The molecule has 0 saturated carbocycles. The number of nitrogens with zero attached hydrogens (tertiary/aromatic N) is 2. The van der Waals surface area contributed by atoms with Gasteiger partial charge in [-0.3, -0.25) is 0 Å². The van der Waals surface area contributed by atoms with E-state index in [2.05, 4.69) is 20.9 Å². The van der Waals surface area contributed by atoms with Crippen LogP contribution >= 0.6 is 15.9 Å². The van der Waals surface area contributed by atoms with E-state index in [1.807, 2.05) is 0 Å². The minimum Gasteiger partial charge on any atom is -0.390 e. The average Bonchev–Trinajstić information content (AvgIpc) is 2.58. The molecule has 1 aromatic rings. The highest BCUT2D eigenvalue weighted by atomic mass is 79.9. The number of aromatic nitrogens is 1. The van der Waals surface area contributed by atoms with Crippen LogP contribution in [0.3, 0.4) is 0 Å². The molecule has 1 aliphatic rings. The van der Waals surface area contributed by atoms with Gasteiger partial charge in [0.15, 0.2) is 0 Å². The Morgan fingerprint density at radius 1 is 1.50 bits per heavy atom. The second kappa shape index (κ2) is 4.25. The molecule has 0 amide bonds. The predicted octanol–water partition coefficient (Wildman–Crippen LogP) is 2.18. The number of anilines is 1. The fourth-order valence-corrected chi connectivity index (χ4v) is 2.16. The molecule has 2 rings (SSSR count). The Bertz CT molecular complexity index is 400. The van der Waals surface area contributed by atoms with E-state index in [-0.39, 0.29) is 19.6 Å². The van der Waals surface area contributed by atoms with Gasteiger partial charge in [0.1, 0.15) is 4.60 Å². The van der Waals surface area contributed by atoms with Crippen LogP contribution in [0.25, 0.3) is 0 Å². The molecule has 0 bridgehead atoms. The van der Waals surface area contributed by atoms with Crippen molar-refractivity contribution in [3.63, 3.8) is 0 Å². The molecule has 1 N–H and O–H groups in total. The van der Waals surface area contributed by atoms with E-state index < -0.39 is 5.92 Å². The van der Waals surface area contributed by atoms with Gasteiger partial charge in [0.2, 0.25) is 0 Å². The zero-order chi connectivity index (χ0) is 11.8. The van der Waals surface area contributed by atoms with Crippen molar-refractivity contribution in [1.82, 2.24) is 4.98 Å². The first-order chi connectivity index (χ1) is 7.52. The molecule has 0 unspecified atom stereocenters. The van der Waals surface area contributed by atoms with Crippen LogP contribution in [0.15, 0.2) is 16.7 Å². The maximum absolute atomic E-state index is 13.1. The molecule has 0 radical (unpaired) electrons. The number of alkyl halides is 2. The van der Waals surface area contributed by atoms with Crippen molar-refractivity contribution in [2.45, 2.75) is 19.0 Å². The number of aliphatic hydroxyl groups excluding tert-OH is 1. The van der Waals surface area contributed by atoms with Crippen molar-refractivity contribution in [2.24, 2.45) is 0 Å². The third-order valence-corrected chi connectivity index (χ3v) is 3.02. The summed E-state index contributed by atoms with van der Waals surface area (Å²) in [7, 11) is 0. The molecule has 1 fully saturated rings. The van der Waals surface area contributed by atoms with E-state index in [4.69, 9.17) is 5.11 Å². The number of halogens is 3. The van der Waals surface area contributed by atoms with Crippen LogP contribution in [-0.2, 0) is 6.61 Å². The molecule has 6 heteroatoms. The summed E-state index contributed by atoms with van der Waals surface area (Å²) in [5.41, 5.74) is 1.01. The zero-order valence-corrected chi connectivity index (χ0v) is 10.0. The van der Waals surface area contributed by atoms with Crippen LogP contribution in [0.4, 0.5) is 14.5 Å². The Kier molecular flexibility index (Phi) is 3.12. The number of aliphatic hydroxyl groups is 1. The summed E-state index contributed by atoms with van der Waals surface area (Å²) in [6, 6.07) is 3.38. The van der Waals surface area contributed by atoms with E-state index in [0.717, 1.165) is 0 Å². The summed E-state index contributed by atoms with van der Waals surface area (Å²) in [5, 5.41) is 9.14. The van der Waals surface area contributed by atoms with Crippen LogP contribution in [0.2, 0.25) is 0 Å². The zero-order valence-electron chi connectivity index (χ0n) is 8.46. The van der Waals surface area contributed by atoms with Gasteiger partial charge in [-0.25, -0.2) is 13.8 Å². The Hall–Kier alpha value is -0.750. The number of hydrogen-bond acceptors (Lipinski definition) is 3. The van der Waals surface area contributed by atoms with Crippen molar-refractivity contribution in [2.75, 3.05) is 18.0 Å². The predicted molar refractivity (Wildman–Crippen MR) is 59.6 cm³/mol. The Balaban J connectivity index is 2.27. The second-order valence-corrected chi connectivity index (χ2v) is 4.60. The maximum atomic E-state index is 13.1. The standard InChI is InChI=1S/C10H11BrF2N2O/c11-9-2-1-8(7(5-16)14-9)15-4-3-10(12,13)6-15/h1-2,16H,3-6H2. The van der Waals surface area contributed by atoms with E-state index in [9.17, 15) is 8.78 Å². The largest absolute Gasteiger partial charge is 0.390 e. The lowest BCUT2D eigenvalue weighted by Gasteiger charge is -2.20. The van der Waals surface area contributed by atoms with Crippen LogP contribution < -0.4 is 4.90 Å². The number of rotatable bonds is 2. The van der Waals surface area contributed by atoms with Crippen molar-refractivity contribution in [3.8, 4) is 0 Å². The van der Waals surface area contributed by atoms with Gasteiger partial charge in [-0.1, -0.05) is 0 Å². The summed E-state index contributed by atoms with van der Waals surface area (Å²) in [5.74, 6) is -2.64. The minimum atomic E-state index is -2.64. The van der Waals surface area contributed by atoms with Gasteiger partial charge in [0.25, 0.3) is 5.92 Å². The summed E-state index contributed by atoms with van der Waals surface area (Å²) in [6.07, 6.45) is -0.145. The average molecular weight is 293 g/mol. The molecular weight excluding hydrogens is 282 g/mol. The monoisotopic (exact) mass is 292 g/mol. The first kappa shape index (κ1) is 11.7. The second-order valence-electron chi connectivity index (χ2n) is 3.79. The van der Waals surface area contributed by atoms with E-state index in [1.165, 1.54) is 0 Å². The molecular formula is C10H11BrF2N2O. The highest BCUT2D eigenvalue weighted by Crippen LogP contribution is 2.32. The van der Waals surface area contributed by atoms with Crippen LogP contribution in [-0.4, -0.2) is 29.1 Å². The Morgan fingerprint density at radius 3 is 2.81 bits per heavy atom. The first-order valence-corrected chi connectivity index (χ1v) is 5.70. The highest BCUT2D eigenvalue weighted by molar-refractivity contribution is 9.10. The molecule has 2 heterocycles. The summed E-state index contributed by atoms with van der Waals surface area (Å²) >= 11 is 3.18. The molecule has 0 aromatic carbocycles. The number of pyridine rings is 1. The van der Waals surface area contributed by atoms with E-state index >= 15 is 0 Å². The van der Waals surface area contributed by atoms with Gasteiger partial charge in [-0.15, -0.1) is 0 Å². The molecule has 0 aliphatic carbocycles. The van der Waals surface area contributed by atoms with Gasteiger partial charge in [-0.05, 0) is 28.1 Å². The maximum Gasteiger partial charge on any atom is 0.266 e. The molecule has 88 valence electrons. The van der Waals surface area contributed by atoms with Gasteiger partial charge in [0, 0.05) is 13.0 Å². The van der Waals surface area contributed by atoms with Gasteiger partial charge >= 0.3 is 0 Å². The van der Waals surface area contributed by atoms with Crippen molar-refractivity contribution < 1.29 is 13.9 Å². The van der Waals surface area contributed by atoms with Gasteiger partial charge < -0.3 is 10.0 Å². The van der Waals surface area contributed by atoms with E-state index in [1.54, 1.807) is 17.0 Å². The Morgan fingerprint density at radius 2 is 2.25 bits per heavy atom. The molecule has 1 saturated heterocycles. The SMILES string of the molecule is OCc1nc(Br)ccc1N1CCC(F)(F)C1. The van der Waals surface area contributed by atoms with Gasteiger partial charge in [-0.2, -0.15) is 0 Å². The summed E-state index contributed by atoms with van der Waals surface area (Å²) in [4.78, 5) is 5.62. The summed E-state index contributed by atoms with van der Waals surface area (Å²) < 4.78 is 26.7. The first-order valence-electron chi connectivity index (χ1n) is 4.91. The summed E-state index contributed by atoms with van der Waals surface area (Å²) in [6.45, 7) is -0.260. The molecule has 1 aliphatic heterocycles. The lowest BCUT2D eigenvalue weighted by molar-refractivity contribution is 0.0257. The number of hydrogen-bond donors (Lipinski definition) is 1. The van der Waals surface area contributed by atoms with Crippen molar-refractivity contribution >= 4 is 21.6 Å². The van der Waals surface area contributed by atoms with Gasteiger partial charge in [0.05, 0.1) is 24.5 Å². The third-order valence-electron chi connectivity index (χ3n) is 2.58. The van der Waals surface area contributed by atoms with Crippen molar-refractivity contribution in [1.29, 1.82) is 0 Å². The Labute approximate surface area is 100 Å². The van der Waals surface area contributed by atoms with Crippen molar-refractivity contribution in [3.05, 3.63) is 22.4 Å². The van der Waals surface area contributed by atoms with Crippen LogP contribution in [0, 0.1) is 0 Å². The molecule has 16 heavy (non-hydrogen) atoms. The van der Waals surface area contributed by atoms with Crippen LogP contribution in [0.5, 0.6) is 0 Å². The smallest absolute Gasteiger partial charge is 0.266 e. The molecule has 3 nitrogen and oxygen atoms in total. The lowest BCUT2D eigenvalue weighted by Crippen LogP contribution is -2.26. The normalized spacial score (nSPS) is 19.1. The fourth-order valence-electron chi connectivity index (χ4n) is 1.81. The molecule has 0 spiro atoms. The van der Waals surface area contributed by atoms with Crippen LogP contribution in [0.1, 0.15) is 12.1 Å². The minimum absolute atomic E-state index is 0.145. The van der Waals surface area contributed by atoms with E-state index in [0.29, 0.717) is 22.5 Å². The molecule has 1 aromatic heterocycles. The quantitative estimate of drug-likeness (QED) is 0.849. The molecule has 0 atom stereocenters. The third kappa shape index (κ3) is 2.32. The lowest BCUT2D eigenvalue weighted by atomic mass is 10.3. The fraction of sp³-hybridized carbons (Fsp3) is 0.500.